The van der Waals surface area contributed by atoms with Crippen LogP contribution in [0.4, 0.5) is 0 Å². The molecule has 12 heavy (non-hydrogen) atoms. The molecule has 57 valence electrons. The van der Waals surface area contributed by atoms with Gasteiger partial charge in [0.25, 0.3) is 0 Å². The van der Waals surface area contributed by atoms with Crippen LogP contribution in [-0.4, -0.2) is 40.6 Å². The van der Waals surface area contributed by atoms with Gasteiger partial charge in [-0.15, -0.1) is 0 Å². The molecule has 0 saturated heterocycles. The van der Waals surface area contributed by atoms with Crippen LogP contribution in [-0.2, 0) is 4.79 Å². The zero-order valence-corrected chi connectivity index (χ0v) is 8.90. The molecule has 1 N–H and O–H groups in total. The Morgan fingerprint density at radius 1 is 1.25 bits per heavy atom. The predicted octanol–water partition coefficient (Wildman–Crippen LogP) is 1.40. The van der Waals surface area contributed by atoms with Crippen LogP contribution >= 0.6 is 0 Å². The van der Waals surface area contributed by atoms with Crippen molar-refractivity contribution in [1.29, 1.82) is 0 Å². The maximum Gasteiger partial charge on any atom is 0.328 e. The normalized spacial score (nSPS) is 9.33. The number of carbonyl (C=O) groups is 1. The standard InChI is InChI=1S/C9H8O2.Na/c10-9(11)7-6-8-4-2-1-3-5-8;/h1-7H,(H,10,11);/b7-6-;. The summed E-state index contributed by atoms with van der Waals surface area (Å²) in [7, 11) is 0. The fraction of sp³-hybridized carbons (Fsp3) is 0. The molecule has 0 bridgehead atoms. The molecule has 1 aromatic rings. The molecule has 0 aliphatic carbocycles. The van der Waals surface area contributed by atoms with Crippen LogP contribution in [0.2, 0.25) is 0 Å². The topological polar surface area (TPSA) is 37.3 Å². The largest absolute Gasteiger partial charge is 0.478 e. The van der Waals surface area contributed by atoms with Crippen molar-refractivity contribution in [3.8, 4) is 0 Å². The summed E-state index contributed by atoms with van der Waals surface area (Å²) in [6.45, 7) is 0. The molecule has 1 radical (unpaired) electrons. The molecule has 0 saturated carbocycles. The molecule has 2 nitrogen and oxygen atoms in total. The first-order chi connectivity index (χ1) is 5.29. The average Bonchev–Trinajstić information content (AvgIpc) is 2.03. The van der Waals surface area contributed by atoms with Crippen molar-refractivity contribution in [2.24, 2.45) is 0 Å². The second kappa shape index (κ2) is 6.00. The van der Waals surface area contributed by atoms with Gasteiger partial charge in [-0.1, -0.05) is 30.3 Å². The Morgan fingerprint density at radius 3 is 2.33 bits per heavy atom. The van der Waals surface area contributed by atoms with Crippen LogP contribution in [0.25, 0.3) is 6.08 Å². The molecule has 0 aliphatic heterocycles. The minimum atomic E-state index is -0.922. The molecule has 0 aliphatic rings. The number of carboxylic acid groups (broad SMARTS) is 1. The zero-order chi connectivity index (χ0) is 8.10. The monoisotopic (exact) mass is 171 g/mol. The summed E-state index contributed by atoms with van der Waals surface area (Å²) in [5.41, 5.74) is 0.898. The molecule has 0 unspecified atom stereocenters. The molecule has 0 fully saturated rings. The number of aliphatic carboxylic acids is 1. The van der Waals surface area contributed by atoms with E-state index >= 15 is 0 Å². The van der Waals surface area contributed by atoms with E-state index in [2.05, 4.69) is 0 Å². The summed E-state index contributed by atoms with van der Waals surface area (Å²) in [5, 5.41) is 8.29. The average molecular weight is 171 g/mol. The maximum atomic E-state index is 10.1. The smallest absolute Gasteiger partial charge is 0.328 e. The minimum absolute atomic E-state index is 0. The first-order valence-electron chi connectivity index (χ1n) is 3.25. The van der Waals surface area contributed by atoms with E-state index in [1.54, 1.807) is 6.08 Å². The van der Waals surface area contributed by atoms with Crippen molar-refractivity contribution < 1.29 is 9.90 Å². The Bertz CT molecular complexity index is 267. The van der Waals surface area contributed by atoms with E-state index in [1.807, 2.05) is 30.3 Å². The fourth-order valence-corrected chi connectivity index (χ4v) is 0.732. The molecular weight excluding hydrogens is 163 g/mol. The van der Waals surface area contributed by atoms with Crippen LogP contribution in [0.5, 0.6) is 0 Å². The summed E-state index contributed by atoms with van der Waals surface area (Å²) in [6, 6.07) is 9.31. The van der Waals surface area contributed by atoms with Crippen LogP contribution in [0, 0.1) is 0 Å². The Hall–Kier alpha value is -0.570. The maximum absolute atomic E-state index is 10.1. The van der Waals surface area contributed by atoms with E-state index in [4.69, 9.17) is 5.11 Å². The van der Waals surface area contributed by atoms with Crippen LogP contribution < -0.4 is 0 Å². The van der Waals surface area contributed by atoms with Crippen molar-refractivity contribution in [2.75, 3.05) is 0 Å². The minimum Gasteiger partial charge on any atom is -0.478 e. The third-order valence-corrected chi connectivity index (χ3v) is 1.22. The van der Waals surface area contributed by atoms with Gasteiger partial charge in [0.05, 0.1) is 0 Å². The second-order valence-corrected chi connectivity index (χ2v) is 2.08. The number of hydrogen-bond donors (Lipinski definition) is 1. The van der Waals surface area contributed by atoms with Gasteiger partial charge in [0.15, 0.2) is 0 Å². The van der Waals surface area contributed by atoms with Crippen molar-refractivity contribution in [3.63, 3.8) is 0 Å². The van der Waals surface area contributed by atoms with Gasteiger partial charge in [-0.05, 0) is 11.6 Å². The molecule has 0 heterocycles. The van der Waals surface area contributed by atoms with E-state index in [0.717, 1.165) is 11.6 Å². The van der Waals surface area contributed by atoms with Gasteiger partial charge >= 0.3 is 5.97 Å². The summed E-state index contributed by atoms with van der Waals surface area (Å²) < 4.78 is 0. The summed E-state index contributed by atoms with van der Waals surface area (Å²) in [6.07, 6.45) is 2.68. The van der Waals surface area contributed by atoms with E-state index < -0.39 is 5.97 Å². The Balaban J connectivity index is 0.00000121. The van der Waals surface area contributed by atoms with Crippen LogP contribution in [0.15, 0.2) is 36.4 Å². The first-order valence-corrected chi connectivity index (χ1v) is 3.25. The fourth-order valence-electron chi connectivity index (χ4n) is 0.732. The summed E-state index contributed by atoms with van der Waals surface area (Å²) in [4.78, 5) is 10.1. The van der Waals surface area contributed by atoms with E-state index in [0.29, 0.717) is 0 Å². The van der Waals surface area contributed by atoms with Gasteiger partial charge in [0.1, 0.15) is 0 Å². The number of benzene rings is 1. The van der Waals surface area contributed by atoms with E-state index in [9.17, 15) is 4.79 Å². The number of hydrogen-bond acceptors (Lipinski definition) is 1. The molecule has 0 atom stereocenters. The van der Waals surface area contributed by atoms with Crippen LogP contribution in [0.3, 0.4) is 0 Å². The molecule has 0 spiro atoms. The van der Waals surface area contributed by atoms with E-state index in [1.165, 1.54) is 0 Å². The molecule has 3 heteroatoms. The first kappa shape index (κ1) is 11.4. The quantitative estimate of drug-likeness (QED) is 0.539. The summed E-state index contributed by atoms with van der Waals surface area (Å²) in [5.74, 6) is -0.922. The van der Waals surface area contributed by atoms with Crippen LogP contribution in [0.1, 0.15) is 5.56 Å². The van der Waals surface area contributed by atoms with Crippen molar-refractivity contribution in [3.05, 3.63) is 42.0 Å². The number of carboxylic acids is 1. The van der Waals surface area contributed by atoms with Gasteiger partial charge < -0.3 is 5.11 Å². The second-order valence-electron chi connectivity index (χ2n) is 2.08. The molecule has 1 aromatic carbocycles. The predicted molar refractivity (Wildman–Crippen MR) is 48.9 cm³/mol. The van der Waals surface area contributed by atoms with Gasteiger partial charge in [-0.25, -0.2) is 4.79 Å². The van der Waals surface area contributed by atoms with Gasteiger partial charge in [0, 0.05) is 35.6 Å². The molecule has 0 amide bonds. The van der Waals surface area contributed by atoms with Crippen molar-refractivity contribution >= 4 is 41.6 Å². The Labute approximate surface area is 93.2 Å². The summed E-state index contributed by atoms with van der Waals surface area (Å²) >= 11 is 0. The van der Waals surface area contributed by atoms with Gasteiger partial charge in [-0.2, -0.15) is 0 Å². The van der Waals surface area contributed by atoms with Gasteiger partial charge in [0.2, 0.25) is 0 Å². The molecule has 1 rings (SSSR count). The van der Waals surface area contributed by atoms with Gasteiger partial charge in [-0.3, -0.25) is 0 Å². The zero-order valence-electron chi connectivity index (χ0n) is 6.90. The Morgan fingerprint density at radius 2 is 1.83 bits per heavy atom. The SMILES string of the molecule is O=C(O)/C=C\c1ccccc1.[Na]. The third kappa shape index (κ3) is 4.34. The molecule has 0 aromatic heterocycles. The van der Waals surface area contributed by atoms with Crippen molar-refractivity contribution in [1.82, 2.24) is 0 Å². The van der Waals surface area contributed by atoms with Crippen molar-refractivity contribution in [2.45, 2.75) is 0 Å². The third-order valence-electron chi connectivity index (χ3n) is 1.22. The Kier molecular flexibility index (Phi) is 5.72. The van der Waals surface area contributed by atoms with E-state index in [-0.39, 0.29) is 29.6 Å². The molecular formula is C9H8NaO2. The number of rotatable bonds is 2.